The molecular formula is C23H26N4O4. The fourth-order valence-electron chi connectivity index (χ4n) is 4.10. The van der Waals surface area contributed by atoms with Gasteiger partial charge in [0.05, 0.1) is 0 Å². The highest BCUT2D eigenvalue weighted by molar-refractivity contribution is 6.35. The van der Waals surface area contributed by atoms with Gasteiger partial charge in [0, 0.05) is 45.0 Å². The number of hydrogen-bond acceptors (Lipinski definition) is 4. The summed E-state index contributed by atoms with van der Waals surface area (Å²) in [6, 6.07) is 11.0. The summed E-state index contributed by atoms with van der Waals surface area (Å²) in [6.45, 7) is 4.37. The van der Waals surface area contributed by atoms with Crippen LogP contribution in [0.1, 0.15) is 28.8 Å². The Kier molecular flexibility index (Phi) is 5.88. The number of carbonyl (C=O) groups is 3. The van der Waals surface area contributed by atoms with Crippen molar-refractivity contribution in [3.63, 3.8) is 0 Å². The van der Waals surface area contributed by atoms with E-state index in [2.05, 4.69) is 4.98 Å². The second-order valence-electron chi connectivity index (χ2n) is 8.07. The molecule has 3 amide bonds. The highest BCUT2D eigenvalue weighted by atomic mass is 16.2. The Morgan fingerprint density at radius 3 is 2.03 bits per heavy atom. The Balaban J connectivity index is 1.40. The summed E-state index contributed by atoms with van der Waals surface area (Å²) in [5.74, 6) is -1.33. The number of aromatic nitrogens is 1. The number of H-pyrrole nitrogens is 1. The van der Waals surface area contributed by atoms with Crippen LogP contribution in [0.4, 0.5) is 0 Å². The van der Waals surface area contributed by atoms with Crippen molar-refractivity contribution in [2.75, 3.05) is 39.3 Å². The van der Waals surface area contributed by atoms with Crippen molar-refractivity contribution in [1.82, 2.24) is 19.7 Å². The lowest BCUT2D eigenvalue weighted by molar-refractivity contribution is -0.152. The van der Waals surface area contributed by atoms with Crippen molar-refractivity contribution in [3.8, 4) is 11.3 Å². The van der Waals surface area contributed by atoms with Gasteiger partial charge in [-0.15, -0.1) is 0 Å². The lowest BCUT2D eigenvalue weighted by Gasteiger charge is -2.34. The maximum Gasteiger partial charge on any atom is 0.312 e. The summed E-state index contributed by atoms with van der Waals surface area (Å²) >= 11 is 0. The molecule has 162 valence electrons. The van der Waals surface area contributed by atoms with Crippen molar-refractivity contribution >= 4 is 17.7 Å². The van der Waals surface area contributed by atoms with Crippen LogP contribution < -0.4 is 5.56 Å². The largest absolute Gasteiger partial charge is 0.335 e. The molecule has 2 aliphatic heterocycles. The van der Waals surface area contributed by atoms with E-state index in [9.17, 15) is 19.2 Å². The van der Waals surface area contributed by atoms with E-state index in [1.807, 2.05) is 31.2 Å². The lowest BCUT2D eigenvalue weighted by Crippen LogP contribution is -2.54. The molecule has 2 aromatic rings. The highest BCUT2D eigenvalue weighted by Gasteiger charge is 2.32. The van der Waals surface area contributed by atoms with Crippen LogP contribution in [0.3, 0.4) is 0 Å². The molecule has 2 fully saturated rings. The number of rotatable bonds is 2. The summed E-state index contributed by atoms with van der Waals surface area (Å²) in [5, 5.41) is 0. The average Bonchev–Trinajstić information content (AvgIpc) is 3.33. The summed E-state index contributed by atoms with van der Waals surface area (Å²) in [6.07, 6.45) is 1.86. The van der Waals surface area contributed by atoms with Gasteiger partial charge in [-0.25, -0.2) is 0 Å². The third-order valence-electron chi connectivity index (χ3n) is 5.90. The molecular weight excluding hydrogens is 396 g/mol. The van der Waals surface area contributed by atoms with E-state index < -0.39 is 17.4 Å². The molecule has 2 saturated heterocycles. The van der Waals surface area contributed by atoms with Crippen molar-refractivity contribution in [2.45, 2.75) is 19.8 Å². The number of amides is 3. The topological polar surface area (TPSA) is 93.8 Å². The first kappa shape index (κ1) is 20.8. The van der Waals surface area contributed by atoms with Crippen LogP contribution in [0.2, 0.25) is 0 Å². The Morgan fingerprint density at radius 2 is 1.42 bits per heavy atom. The smallest absolute Gasteiger partial charge is 0.312 e. The van der Waals surface area contributed by atoms with Gasteiger partial charge in [-0.05, 0) is 43.5 Å². The SMILES string of the molecule is Cc1cccc(-c2ccc(C(=O)N3CCN(C(=O)C(=O)N4CCCC4)CC3)c(=O)[nH]2)c1. The number of aromatic amines is 1. The van der Waals surface area contributed by atoms with Gasteiger partial charge >= 0.3 is 11.8 Å². The molecule has 0 saturated carbocycles. The van der Waals surface area contributed by atoms with E-state index in [4.69, 9.17) is 0 Å². The minimum atomic E-state index is -0.505. The number of aryl methyl sites for hydroxylation is 1. The fourth-order valence-corrected chi connectivity index (χ4v) is 4.10. The molecule has 31 heavy (non-hydrogen) atoms. The van der Waals surface area contributed by atoms with E-state index in [0.29, 0.717) is 18.8 Å². The predicted octanol–water partition coefficient (Wildman–Crippen LogP) is 1.26. The third kappa shape index (κ3) is 4.38. The summed E-state index contributed by atoms with van der Waals surface area (Å²) < 4.78 is 0. The normalized spacial score (nSPS) is 16.5. The minimum Gasteiger partial charge on any atom is -0.335 e. The monoisotopic (exact) mass is 422 g/mol. The highest BCUT2D eigenvalue weighted by Crippen LogP contribution is 2.18. The number of benzene rings is 1. The zero-order valence-corrected chi connectivity index (χ0v) is 17.6. The number of pyridine rings is 1. The first-order valence-electron chi connectivity index (χ1n) is 10.6. The van der Waals surface area contributed by atoms with Gasteiger partial charge in [-0.2, -0.15) is 0 Å². The number of piperazine rings is 1. The van der Waals surface area contributed by atoms with Crippen LogP contribution in [0.5, 0.6) is 0 Å². The summed E-state index contributed by atoms with van der Waals surface area (Å²) in [7, 11) is 0. The van der Waals surface area contributed by atoms with Gasteiger partial charge < -0.3 is 19.7 Å². The molecule has 8 heteroatoms. The number of likely N-dealkylation sites (tertiary alicyclic amines) is 1. The Morgan fingerprint density at radius 1 is 0.806 bits per heavy atom. The molecule has 8 nitrogen and oxygen atoms in total. The number of hydrogen-bond donors (Lipinski definition) is 1. The Bertz CT molecular complexity index is 1060. The zero-order valence-electron chi connectivity index (χ0n) is 17.6. The van der Waals surface area contributed by atoms with Crippen LogP contribution in [0.15, 0.2) is 41.2 Å². The molecule has 1 N–H and O–H groups in total. The molecule has 1 aromatic heterocycles. The average molecular weight is 422 g/mol. The molecule has 0 unspecified atom stereocenters. The van der Waals surface area contributed by atoms with Crippen LogP contribution in [0, 0.1) is 6.92 Å². The van der Waals surface area contributed by atoms with Crippen LogP contribution in [0.25, 0.3) is 11.3 Å². The van der Waals surface area contributed by atoms with Crippen molar-refractivity contribution in [3.05, 3.63) is 57.9 Å². The molecule has 4 rings (SSSR count). The van der Waals surface area contributed by atoms with Gasteiger partial charge in [-0.1, -0.05) is 23.8 Å². The second-order valence-corrected chi connectivity index (χ2v) is 8.07. The van der Waals surface area contributed by atoms with Gasteiger partial charge in [0.25, 0.3) is 11.5 Å². The van der Waals surface area contributed by atoms with E-state index in [0.717, 1.165) is 24.0 Å². The molecule has 0 spiro atoms. The van der Waals surface area contributed by atoms with Gasteiger partial charge in [0.15, 0.2) is 0 Å². The van der Waals surface area contributed by atoms with Crippen LogP contribution in [-0.4, -0.2) is 76.7 Å². The summed E-state index contributed by atoms with van der Waals surface area (Å²) in [5.41, 5.74) is 2.25. The predicted molar refractivity (Wildman–Crippen MR) is 116 cm³/mol. The van der Waals surface area contributed by atoms with Gasteiger partial charge in [0.1, 0.15) is 5.56 Å². The maximum absolute atomic E-state index is 12.9. The van der Waals surface area contributed by atoms with Gasteiger partial charge in [0.2, 0.25) is 0 Å². The molecule has 1 aromatic carbocycles. The number of nitrogens with one attached hydrogen (secondary N) is 1. The van der Waals surface area contributed by atoms with E-state index in [-0.39, 0.29) is 37.6 Å². The fraction of sp³-hybridized carbons (Fsp3) is 0.391. The number of nitrogens with zero attached hydrogens (tertiary/aromatic N) is 3. The third-order valence-corrected chi connectivity index (χ3v) is 5.90. The van der Waals surface area contributed by atoms with Crippen molar-refractivity contribution in [2.24, 2.45) is 0 Å². The zero-order chi connectivity index (χ0) is 22.0. The molecule has 0 radical (unpaired) electrons. The minimum absolute atomic E-state index is 0.0734. The van der Waals surface area contributed by atoms with Crippen molar-refractivity contribution < 1.29 is 14.4 Å². The summed E-state index contributed by atoms with van der Waals surface area (Å²) in [4.78, 5) is 57.6. The van der Waals surface area contributed by atoms with Crippen LogP contribution in [-0.2, 0) is 9.59 Å². The van der Waals surface area contributed by atoms with E-state index in [1.165, 1.54) is 4.90 Å². The van der Waals surface area contributed by atoms with Crippen molar-refractivity contribution in [1.29, 1.82) is 0 Å². The molecule has 0 atom stereocenters. The van der Waals surface area contributed by atoms with E-state index in [1.54, 1.807) is 21.9 Å². The quantitative estimate of drug-likeness (QED) is 0.738. The molecule has 0 bridgehead atoms. The maximum atomic E-state index is 12.9. The molecule has 2 aliphatic rings. The Labute approximate surface area is 180 Å². The van der Waals surface area contributed by atoms with E-state index >= 15 is 0 Å². The second kappa shape index (κ2) is 8.75. The molecule has 3 heterocycles. The standard InChI is InChI=1S/C23H26N4O4/c1-16-5-4-6-17(15-16)19-8-7-18(20(28)24-19)21(29)26-11-13-27(14-12-26)23(31)22(30)25-9-2-3-10-25/h4-8,15H,2-3,9-14H2,1H3,(H,24,28). The first-order chi connectivity index (χ1) is 14.9. The molecule has 0 aliphatic carbocycles. The number of carbonyl (C=O) groups excluding carboxylic acids is 3. The van der Waals surface area contributed by atoms with Gasteiger partial charge in [-0.3, -0.25) is 19.2 Å². The van der Waals surface area contributed by atoms with Crippen LogP contribution >= 0.6 is 0 Å². The first-order valence-corrected chi connectivity index (χ1v) is 10.6. The lowest BCUT2D eigenvalue weighted by atomic mass is 10.1. The Hall–Kier alpha value is -3.42.